The summed E-state index contributed by atoms with van der Waals surface area (Å²) in [5.41, 5.74) is 1.24. The smallest absolute Gasteiger partial charge is 0.271 e. The van der Waals surface area contributed by atoms with E-state index in [0.717, 1.165) is 17.0 Å². The van der Waals surface area contributed by atoms with Crippen LogP contribution in [0.1, 0.15) is 0 Å². The first-order valence-electron chi connectivity index (χ1n) is 6.58. The predicted molar refractivity (Wildman–Crippen MR) is 94.1 cm³/mol. The van der Waals surface area contributed by atoms with Gasteiger partial charge in [0.05, 0.1) is 11.9 Å². The van der Waals surface area contributed by atoms with E-state index in [4.69, 9.17) is 11.6 Å². The molecule has 23 heavy (non-hydrogen) atoms. The van der Waals surface area contributed by atoms with Crippen molar-refractivity contribution in [1.29, 1.82) is 0 Å². The lowest BCUT2D eigenvalue weighted by molar-refractivity contribution is 0.603. The molecule has 0 spiro atoms. The van der Waals surface area contributed by atoms with E-state index < -0.39 is 10.0 Å². The number of rotatable bonds is 5. The molecule has 0 unspecified atom stereocenters. The minimum absolute atomic E-state index is 0.265. The minimum Gasteiger partial charge on any atom is -0.340 e. The van der Waals surface area contributed by atoms with Crippen LogP contribution in [0.4, 0.5) is 17.2 Å². The number of aromatic nitrogens is 1. The third-order valence-corrected chi connectivity index (χ3v) is 5.92. The first kappa shape index (κ1) is 15.8. The molecule has 118 valence electrons. The van der Waals surface area contributed by atoms with E-state index in [-0.39, 0.29) is 4.21 Å². The highest BCUT2D eigenvalue weighted by molar-refractivity contribution is 7.94. The van der Waals surface area contributed by atoms with Crippen LogP contribution >= 0.6 is 22.9 Å². The van der Waals surface area contributed by atoms with Crippen molar-refractivity contribution < 1.29 is 8.42 Å². The third-order valence-electron chi connectivity index (χ3n) is 2.89. The van der Waals surface area contributed by atoms with Crippen LogP contribution < -0.4 is 10.0 Å². The van der Waals surface area contributed by atoms with Crippen LogP contribution in [0.3, 0.4) is 0 Å². The molecule has 2 N–H and O–H groups in total. The van der Waals surface area contributed by atoms with Gasteiger partial charge in [-0.05, 0) is 47.8 Å². The van der Waals surface area contributed by atoms with Crippen molar-refractivity contribution in [2.75, 3.05) is 10.0 Å². The summed E-state index contributed by atoms with van der Waals surface area (Å²) in [4.78, 5) is 4.19. The number of benzene rings is 1. The zero-order valence-electron chi connectivity index (χ0n) is 11.7. The maximum Gasteiger partial charge on any atom is 0.271 e. The lowest BCUT2D eigenvalue weighted by atomic mass is 10.3. The molecule has 0 fully saturated rings. The van der Waals surface area contributed by atoms with Crippen molar-refractivity contribution in [1.82, 2.24) is 4.98 Å². The molecule has 0 aliphatic heterocycles. The van der Waals surface area contributed by atoms with Gasteiger partial charge in [0.15, 0.2) is 0 Å². The summed E-state index contributed by atoms with van der Waals surface area (Å²) in [6, 6.07) is 13.8. The standard InChI is InChI=1S/C15H12ClN3O2S2/c16-11-3-5-12(6-4-11)18-14-8-7-13(10-17-14)19-23(20,21)15-2-1-9-22-15/h1-10,19H,(H,17,18). The van der Waals surface area contributed by atoms with Crippen LogP contribution in [-0.4, -0.2) is 13.4 Å². The molecule has 0 bridgehead atoms. The Balaban J connectivity index is 1.71. The number of sulfonamides is 1. The first-order valence-corrected chi connectivity index (χ1v) is 9.32. The maximum atomic E-state index is 12.1. The summed E-state index contributed by atoms with van der Waals surface area (Å²) < 4.78 is 27.0. The molecule has 0 amide bonds. The second-order valence-corrected chi connectivity index (χ2v) is 7.89. The van der Waals surface area contributed by atoms with Gasteiger partial charge in [0.1, 0.15) is 10.0 Å². The lowest BCUT2D eigenvalue weighted by Gasteiger charge is -2.08. The zero-order valence-corrected chi connectivity index (χ0v) is 14.1. The normalized spacial score (nSPS) is 11.2. The molecular formula is C15H12ClN3O2S2. The van der Waals surface area contributed by atoms with Gasteiger partial charge in [-0.15, -0.1) is 11.3 Å². The Kier molecular flexibility index (Phi) is 4.51. The number of halogens is 1. The molecule has 1 aromatic carbocycles. The Morgan fingerprint density at radius 3 is 2.35 bits per heavy atom. The van der Waals surface area contributed by atoms with E-state index in [9.17, 15) is 8.42 Å². The molecule has 5 nitrogen and oxygen atoms in total. The third kappa shape index (κ3) is 4.01. The van der Waals surface area contributed by atoms with E-state index >= 15 is 0 Å². The molecule has 0 saturated heterocycles. The topological polar surface area (TPSA) is 71.1 Å². The van der Waals surface area contributed by atoms with Crippen molar-refractivity contribution in [3.05, 3.63) is 65.1 Å². The summed E-state index contributed by atoms with van der Waals surface area (Å²) in [5.74, 6) is 0.603. The van der Waals surface area contributed by atoms with Gasteiger partial charge in [0.25, 0.3) is 10.0 Å². The van der Waals surface area contributed by atoms with Gasteiger partial charge in [-0.3, -0.25) is 4.72 Å². The average molecular weight is 366 g/mol. The zero-order chi connectivity index (χ0) is 16.3. The van der Waals surface area contributed by atoms with Gasteiger partial charge in [0.2, 0.25) is 0 Å². The van der Waals surface area contributed by atoms with Crippen molar-refractivity contribution in [3.8, 4) is 0 Å². The largest absolute Gasteiger partial charge is 0.340 e. The van der Waals surface area contributed by atoms with Gasteiger partial charge in [-0.25, -0.2) is 13.4 Å². The van der Waals surface area contributed by atoms with E-state index in [1.165, 1.54) is 6.20 Å². The second-order valence-electron chi connectivity index (χ2n) is 4.60. The fourth-order valence-electron chi connectivity index (χ4n) is 1.83. The fourth-order valence-corrected chi connectivity index (χ4v) is 3.99. The highest BCUT2D eigenvalue weighted by Gasteiger charge is 2.15. The van der Waals surface area contributed by atoms with Crippen molar-refractivity contribution >= 4 is 50.2 Å². The quantitative estimate of drug-likeness (QED) is 0.705. The predicted octanol–water partition coefficient (Wildman–Crippen LogP) is 4.34. The van der Waals surface area contributed by atoms with Crippen LogP contribution in [0.25, 0.3) is 0 Å². The lowest BCUT2D eigenvalue weighted by Crippen LogP contribution is -2.11. The van der Waals surface area contributed by atoms with Crippen molar-refractivity contribution in [3.63, 3.8) is 0 Å². The Bertz CT molecular complexity index is 877. The average Bonchev–Trinajstić information content (AvgIpc) is 3.07. The van der Waals surface area contributed by atoms with Gasteiger partial charge >= 0.3 is 0 Å². The van der Waals surface area contributed by atoms with E-state index in [2.05, 4.69) is 15.0 Å². The molecule has 3 aromatic rings. The molecule has 2 heterocycles. The van der Waals surface area contributed by atoms with Crippen LogP contribution in [0.2, 0.25) is 5.02 Å². The number of anilines is 3. The van der Waals surface area contributed by atoms with Gasteiger partial charge in [0, 0.05) is 10.7 Å². The minimum atomic E-state index is -3.55. The highest BCUT2D eigenvalue weighted by Crippen LogP contribution is 2.22. The van der Waals surface area contributed by atoms with Gasteiger partial charge < -0.3 is 5.32 Å². The Labute approximate surface area is 143 Å². The molecule has 2 aromatic heterocycles. The Hall–Kier alpha value is -2.09. The number of nitrogens with zero attached hydrogens (tertiary/aromatic N) is 1. The van der Waals surface area contributed by atoms with Gasteiger partial charge in [-0.1, -0.05) is 17.7 Å². The summed E-state index contributed by atoms with van der Waals surface area (Å²) in [6.45, 7) is 0. The molecule has 0 saturated carbocycles. The maximum absolute atomic E-state index is 12.1. The number of hydrogen-bond donors (Lipinski definition) is 2. The summed E-state index contributed by atoms with van der Waals surface area (Å²) in [5, 5.41) is 5.47. The Morgan fingerprint density at radius 2 is 1.74 bits per heavy atom. The number of hydrogen-bond acceptors (Lipinski definition) is 5. The second kappa shape index (κ2) is 6.57. The molecule has 0 atom stereocenters. The van der Waals surface area contributed by atoms with E-state index in [0.29, 0.717) is 16.5 Å². The van der Waals surface area contributed by atoms with Crippen LogP contribution in [-0.2, 0) is 10.0 Å². The molecule has 8 heteroatoms. The van der Waals surface area contributed by atoms with Crippen LogP contribution in [0.5, 0.6) is 0 Å². The number of nitrogens with one attached hydrogen (secondary N) is 2. The number of thiophene rings is 1. The monoisotopic (exact) mass is 365 g/mol. The van der Waals surface area contributed by atoms with Crippen LogP contribution in [0, 0.1) is 0 Å². The molecule has 0 aliphatic carbocycles. The molecular weight excluding hydrogens is 354 g/mol. The van der Waals surface area contributed by atoms with Crippen molar-refractivity contribution in [2.45, 2.75) is 4.21 Å². The summed E-state index contributed by atoms with van der Waals surface area (Å²) in [6.07, 6.45) is 1.46. The summed E-state index contributed by atoms with van der Waals surface area (Å²) >= 11 is 6.99. The number of pyridine rings is 1. The Morgan fingerprint density at radius 1 is 1.00 bits per heavy atom. The van der Waals surface area contributed by atoms with E-state index in [1.807, 2.05) is 12.1 Å². The molecule has 3 rings (SSSR count). The van der Waals surface area contributed by atoms with Crippen LogP contribution in [0.15, 0.2) is 64.3 Å². The SMILES string of the molecule is O=S(=O)(Nc1ccc(Nc2ccc(Cl)cc2)nc1)c1cccs1. The summed E-state index contributed by atoms with van der Waals surface area (Å²) in [7, 11) is -3.55. The van der Waals surface area contributed by atoms with Crippen molar-refractivity contribution in [2.24, 2.45) is 0 Å². The first-order chi connectivity index (χ1) is 11.0. The van der Waals surface area contributed by atoms with E-state index in [1.54, 1.807) is 41.8 Å². The molecule has 0 radical (unpaired) electrons. The van der Waals surface area contributed by atoms with Gasteiger partial charge in [-0.2, -0.15) is 0 Å². The highest BCUT2D eigenvalue weighted by atomic mass is 35.5. The fraction of sp³-hybridized carbons (Fsp3) is 0. The molecule has 0 aliphatic rings.